The van der Waals surface area contributed by atoms with Gasteiger partial charge in [0.15, 0.2) is 18.9 Å². The lowest BCUT2D eigenvalue weighted by Crippen LogP contribution is -2.44. The van der Waals surface area contributed by atoms with Crippen LogP contribution in [0, 0.1) is 5.92 Å². The highest BCUT2D eigenvalue weighted by molar-refractivity contribution is 5.88. The van der Waals surface area contributed by atoms with E-state index >= 15 is 0 Å². The highest BCUT2D eigenvalue weighted by atomic mass is 16.7. The van der Waals surface area contributed by atoms with E-state index in [4.69, 9.17) is 33.2 Å². The molecule has 3 aliphatic heterocycles. The molecule has 0 radical (unpaired) electrons. The summed E-state index contributed by atoms with van der Waals surface area (Å²) in [5.74, 6) is 1.24. The number of hydrogen-bond acceptors (Lipinski definition) is 8. The third-order valence-electron chi connectivity index (χ3n) is 10.2. The number of hydrogen-bond donors (Lipinski definition) is 1. The van der Waals surface area contributed by atoms with E-state index in [1.807, 2.05) is 25.1 Å². The molecule has 8 nitrogen and oxygen atoms in total. The first-order chi connectivity index (χ1) is 21.9. The van der Waals surface area contributed by atoms with Crippen molar-refractivity contribution in [3.63, 3.8) is 0 Å². The standard InChI is InChI=1S/C37H54O8/c1-5-28-20-31(44-36(43-28)26-12-7-6-8-13-26)19-27(38)18-30-22-32(42-24(3)41-30)21-29-17-23(2)40-37(45-29)35-33-14-10-9-11-25(33)15-16-34(35)39-4/h9-11,14-16,23-24,26-32,36-38H,5-8,12-13,17-22H2,1-4H3/t23?,24-,27?,28?,29?,30?,31?,32?,36-,37+/m0/s1. The SMILES string of the molecule is CCC1CC(CC(O)CC2CC(CC3CC(C)O[C@@H](c4c(OC)ccc5ccccc45)O3)O[C@@H](C)O2)O[C@@H](C2CCCCC2)O1. The van der Waals surface area contributed by atoms with Crippen molar-refractivity contribution in [3.05, 3.63) is 42.0 Å². The van der Waals surface area contributed by atoms with Crippen molar-refractivity contribution in [2.24, 2.45) is 5.92 Å². The van der Waals surface area contributed by atoms with Crippen LogP contribution in [0.1, 0.15) is 110 Å². The van der Waals surface area contributed by atoms with Gasteiger partial charge in [-0.25, -0.2) is 0 Å². The maximum atomic E-state index is 11.2. The average Bonchev–Trinajstić information content (AvgIpc) is 3.03. The van der Waals surface area contributed by atoms with Crippen LogP contribution in [0.2, 0.25) is 0 Å². The fourth-order valence-electron chi connectivity index (χ4n) is 8.02. The van der Waals surface area contributed by atoms with E-state index in [0.29, 0.717) is 18.8 Å². The van der Waals surface area contributed by atoms with Gasteiger partial charge >= 0.3 is 0 Å². The molecule has 1 N–H and O–H groups in total. The highest BCUT2D eigenvalue weighted by Crippen LogP contribution is 2.41. The van der Waals surface area contributed by atoms with Gasteiger partial charge in [-0.1, -0.05) is 56.5 Å². The number of ether oxygens (including phenoxy) is 7. The summed E-state index contributed by atoms with van der Waals surface area (Å²) < 4.78 is 44.0. The number of aliphatic hydroxyl groups is 1. The molecule has 2 aromatic rings. The van der Waals surface area contributed by atoms with Gasteiger partial charge < -0.3 is 38.3 Å². The van der Waals surface area contributed by atoms with Crippen molar-refractivity contribution in [2.75, 3.05) is 7.11 Å². The van der Waals surface area contributed by atoms with Crippen molar-refractivity contribution in [1.29, 1.82) is 0 Å². The minimum Gasteiger partial charge on any atom is -0.496 e. The summed E-state index contributed by atoms with van der Waals surface area (Å²) in [5, 5.41) is 13.4. The zero-order valence-electron chi connectivity index (χ0n) is 27.6. The molecule has 8 heteroatoms. The first kappa shape index (κ1) is 33.1. The van der Waals surface area contributed by atoms with Gasteiger partial charge in [0.05, 0.1) is 55.4 Å². The quantitative estimate of drug-likeness (QED) is 0.289. The van der Waals surface area contributed by atoms with E-state index in [1.165, 1.54) is 32.1 Å². The van der Waals surface area contributed by atoms with E-state index in [9.17, 15) is 5.11 Å². The lowest BCUT2D eigenvalue weighted by molar-refractivity contribution is -0.275. The monoisotopic (exact) mass is 626 g/mol. The lowest BCUT2D eigenvalue weighted by atomic mass is 9.88. The van der Waals surface area contributed by atoms with Crippen molar-refractivity contribution >= 4 is 10.8 Å². The number of aliphatic hydroxyl groups excluding tert-OH is 1. The Kier molecular flexibility index (Phi) is 11.3. The topological polar surface area (TPSA) is 84.8 Å². The molecule has 3 heterocycles. The van der Waals surface area contributed by atoms with Gasteiger partial charge in [-0.3, -0.25) is 0 Å². The Morgan fingerprint density at radius 2 is 1.47 bits per heavy atom. The van der Waals surface area contributed by atoms with Crippen molar-refractivity contribution in [1.82, 2.24) is 0 Å². The Morgan fingerprint density at radius 1 is 0.778 bits per heavy atom. The molecule has 6 rings (SSSR count). The summed E-state index contributed by atoms with van der Waals surface area (Å²) in [6.45, 7) is 6.24. The van der Waals surface area contributed by atoms with Crippen LogP contribution in [0.25, 0.3) is 10.8 Å². The number of rotatable bonds is 10. The van der Waals surface area contributed by atoms with E-state index in [-0.39, 0.29) is 49.2 Å². The van der Waals surface area contributed by atoms with Crippen molar-refractivity contribution in [2.45, 2.75) is 159 Å². The molecule has 1 saturated carbocycles. The molecule has 4 aliphatic rings. The van der Waals surface area contributed by atoms with Crippen LogP contribution in [0.5, 0.6) is 5.75 Å². The second-order valence-electron chi connectivity index (χ2n) is 13.8. The van der Waals surface area contributed by atoms with Crippen LogP contribution in [0.3, 0.4) is 0 Å². The molecule has 250 valence electrons. The minimum atomic E-state index is -0.529. The fraction of sp³-hybridized carbons (Fsp3) is 0.730. The largest absolute Gasteiger partial charge is 0.496 e. The summed E-state index contributed by atoms with van der Waals surface area (Å²) in [6, 6.07) is 12.3. The van der Waals surface area contributed by atoms with Gasteiger partial charge in [-0.15, -0.1) is 0 Å². The van der Waals surface area contributed by atoms with Gasteiger partial charge in [0, 0.05) is 25.2 Å². The molecule has 0 amide bonds. The molecular weight excluding hydrogens is 572 g/mol. The molecule has 7 unspecified atom stereocenters. The number of benzene rings is 2. The molecule has 0 spiro atoms. The van der Waals surface area contributed by atoms with Gasteiger partial charge in [0.1, 0.15) is 5.75 Å². The van der Waals surface area contributed by atoms with E-state index < -0.39 is 12.4 Å². The predicted molar refractivity (Wildman–Crippen MR) is 172 cm³/mol. The van der Waals surface area contributed by atoms with Crippen LogP contribution in [0.15, 0.2) is 36.4 Å². The third-order valence-corrected chi connectivity index (χ3v) is 10.2. The number of fused-ring (bicyclic) bond motifs is 1. The Balaban J connectivity index is 1.05. The molecule has 4 fully saturated rings. The molecule has 3 saturated heterocycles. The summed E-state index contributed by atoms with van der Waals surface area (Å²) in [6.07, 6.45) is 9.98. The highest BCUT2D eigenvalue weighted by Gasteiger charge is 2.38. The normalized spacial score (nSPS) is 35.7. The molecular formula is C37H54O8. The Bertz CT molecular complexity index is 1220. The van der Waals surface area contributed by atoms with Gasteiger partial charge in [0.25, 0.3) is 0 Å². The third kappa shape index (κ3) is 8.39. The Morgan fingerprint density at radius 3 is 2.24 bits per heavy atom. The number of methoxy groups -OCH3 is 1. The summed E-state index contributed by atoms with van der Waals surface area (Å²) >= 11 is 0. The molecule has 1 aliphatic carbocycles. The smallest absolute Gasteiger partial charge is 0.188 e. The van der Waals surface area contributed by atoms with Gasteiger partial charge in [0.2, 0.25) is 0 Å². The van der Waals surface area contributed by atoms with Crippen LogP contribution < -0.4 is 4.74 Å². The molecule has 10 atom stereocenters. The zero-order chi connectivity index (χ0) is 31.3. The van der Waals surface area contributed by atoms with Gasteiger partial charge in [-0.2, -0.15) is 0 Å². The second kappa shape index (κ2) is 15.4. The average molecular weight is 627 g/mol. The second-order valence-corrected chi connectivity index (χ2v) is 13.8. The van der Waals surface area contributed by atoms with Crippen molar-refractivity contribution in [3.8, 4) is 5.75 Å². The molecule has 45 heavy (non-hydrogen) atoms. The first-order valence-electron chi connectivity index (χ1n) is 17.5. The van der Waals surface area contributed by atoms with Crippen LogP contribution in [-0.4, -0.2) is 67.5 Å². The van der Waals surface area contributed by atoms with Crippen molar-refractivity contribution < 1.29 is 38.3 Å². The zero-order valence-corrected chi connectivity index (χ0v) is 27.6. The van der Waals surface area contributed by atoms with Crippen LogP contribution in [-0.2, 0) is 28.4 Å². The minimum absolute atomic E-state index is 0.0128. The first-order valence-corrected chi connectivity index (χ1v) is 17.5. The van der Waals surface area contributed by atoms with E-state index in [0.717, 1.165) is 54.2 Å². The maximum absolute atomic E-state index is 11.2. The van der Waals surface area contributed by atoms with Gasteiger partial charge in [-0.05, 0) is 69.2 Å². The Hall–Kier alpha value is -1.78. The summed E-state index contributed by atoms with van der Waals surface area (Å²) in [7, 11) is 1.69. The summed E-state index contributed by atoms with van der Waals surface area (Å²) in [5.41, 5.74) is 0.931. The van der Waals surface area contributed by atoms with Crippen LogP contribution >= 0.6 is 0 Å². The predicted octanol–water partition coefficient (Wildman–Crippen LogP) is 7.58. The molecule has 0 aromatic heterocycles. The van der Waals surface area contributed by atoms with E-state index in [2.05, 4.69) is 32.0 Å². The lowest BCUT2D eigenvalue weighted by Gasteiger charge is -2.41. The maximum Gasteiger partial charge on any atom is 0.188 e. The van der Waals surface area contributed by atoms with Crippen LogP contribution in [0.4, 0.5) is 0 Å². The summed E-state index contributed by atoms with van der Waals surface area (Å²) in [4.78, 5) is 0. The molecule has 0 bridgehead atoms. The molecule has 2 aromatic carbocycles. The fourth-order valence-corrected chi connectivity index (χ4v) is 8.02. The van der Waals surface area contributed by atoms with E-state index in [1.54, 1.807) is 7.11 Å². The Labute approximate surface area is 269 Å².